The van der Waals surface area contributed by atoms with Gasteiger partial charge in [0.2, 0.25) is 0 Å². The van der Waals surface area contributed by atoms with Crippen LogP contribution < -0.4 is 0 Å². The monoisotopic (exact) mass is 726 g/mol. The SMILES string of the molecule is c1ccc(-c2ccc(-n3c4ccc(-c5ccc6c(c5)c5ccccc5n6-c5cccc(-c6ccccc6)c5)cc4c4c5oc6ccccc6c5ccc43)cc2)cc1. The Labute approximate surface area is 328 Å². The van der Waals surface area contributed by atoms with Gasteiger partial charge in [-0.05, 0) is 106 Å². The summed E-state index contributed by atoms with van der Waals surface area (Å²) in [6, 6.07) is 74.4. The van der Waals surface area contributed by atoms with Crippen LogP contribution in [0.1, 0.15) is 0 Å². The van der Waals surface area contributed by atoms with E-state index in [1.54, 1.807) is 0 Å². The van der Waals surface area contributed by atoms with Gasteiger partial charge in [-0.2, -0.15) is 0 Å². The number of nitrogens with zero attached hydrogens (tertiary/aromatic N) is 2. The molecule has 0 fully saturated rings. The summed E-state index contributed by atoms with van der Waals surface area (Å²) in [5, 5.41) is 7.03. The number of para-hydroxylation sites is 2. The van der Waals surface area contributed by atoms with E-state index in [9.17, 15) is 0 Å². The van der Waals surface area contributed by atoms with Crippen molar-refractivity contribution in [3.63, 3.8) is 0 Å². The molecule has 0 unspecified atom stereocenters. The number of hydrogen-bond donors (Lipinski definition) is 0. The van der Waals surface area contributed by atoms with E-state index in [2.05, 4.69) is 209 Å². The number of rotatable bonds is 5. The molecule has 0 aliphatic rings. The third-order valence-electron chi connectivity index (χ3n) is 11.7. The van der Waals surface area contributed by atoms with E-state index in [4.69, 9.17) is 4.42 Å². The second-order valence-corrected chi connectivity index (χ2v) is 14.9. The Morgan fingerprint density at radius 3 is 1.58 bits per heavy atom. The van der Waals surface area contributed by atoms with E-state index in [0.29, 0.717) is 0 Å². The Bertz CT molecular complexity index is 3490. The van der Waals surface area contributed by atoms with Crippen LogP contribution in [0.25, 0.3) is 110 Å². The first-order valence-electron chi connectivity index (χ1n) is 19.5. The van der Waals surface area contributed by atoms with E-state index >= 15 is 0 Å². The maximum Gasteiger partial charge on any atom is 0.145 e. The number of hydrogen-bond acceptors (Lipinski definition) is 1. The Kier molecular flexibility index (Phi) is 6.93. The van der Waals surface area contributed by atoms with Crippen LogP contribution in [-0.4, -0.2) is 9.13 Å². The minimum Gasteiger partial charge on any atom is -0.455 e. The average molecular weight is 727 g/mol. The van der Waals surface area contributed by atoms with Crippen LogP contribution in [0.15, 0.2) is 211 Å². The van der Waals surface area contributed by atoms with Crippen LogP contribution in [0, 0.1) is 0 Å². The van der Waals surface area contributed by atoms with E-state index in [0.717, 1.165) is 49.7 Å². The van der Waals surface area contributed by atoms with Gasteiger partial charge in [0.15, 0.2) is 0 Å². The van der Waals surface area contributed by atoms with Gasteiger partial charge in [-0.15, -0.1) is 0 Å². The smallest absolute Gasteiger partial charge is 0.145 e. The van der Waals surface area contributed by atoms with Crippen molar-refractivity contribution in [2.75, 3.05) is 0 Å². The lowest BCUT2D eigenvalue weighted by atomic mass is 10.00. The summed E-state index contributed by atoms with van der Waals surface area (Å²) in [6.07, 6.45) is 0. The van der Waals surface area contributed by atoms with Gasteiger partial charge in [-0.1, -0.05) is 133 Å². The van der Waals surface area contributed by atoms with Crippen molar-refractivity contribution in [2.45, 2.75) is 0 Å². The number of benzene rings is 9. The first-order valence-corrected chi connectivity index (χ1v) is 19.5. The molecule has 0 radical (unpaired) electrons. The van der Waals surface area contributed by atoms with Gasteiger partial charge < -0.3 is 13.6 Å². The molecule has 12 rings (SSSR count). The second kappa shape index (κ2) is 12.5. The summed E-state index contributed by atoms with van der Waals surface area (Å²) in [6.45, 7) is 0. The summed E-state index contributed by atoms with van der Waals surface area (Å²) in [5.41, 5.74) is 15.9. The molecule has 57 heavy (non-hydrogen) atoms. The van der Waals surface area contributed by atoms with Crippen molar-refractivity contribution in [1.29, 1.82) is 0 Å². The topological polar surface area (TPSA) is 23.0 Å². The fourth-order valence-electron chi connectivity index (χ4n) is 9.06. The summed E-state index contributed by atoms with van der Waals surface area (Å²) < 4.78 is 11.5. The van der Waals surface area contributed by atoms with Gasteiger partial charge in [0.25, 0.3) is 0 Å². The third kappa shape index (κ3) is 4.92. The molecule has 12 aromatic rings. The minimum atomic E-state index is 0.903. The zero-order chi connectivity index (χ0) is 37.5. The molecular formula is C54H34N2O. The lowest BCUT2D eigenvalue weighted by Gasteiger charge is -2.11. The molecule has 0 amide bonds. The van der Waals surface area contributed by atoms with E-state index in [-0.39, 0.29) is 0 Å². The molecule has 3 heteroatoms. The van der Waals surface area contributed by atoms with E-state index < -0.39 is 0 Å². The maximum absolute atomic E-state index is 6.72. The van der Waals surface area contributed by atoms with E-state index in [1.165, 1.54) is 60.6 Å². The lowest BCUT2D eigenvalue weighted by Crippen LogP contribution is -1.94. The lowest BCUT2D eigenvalue weighted by molar-refractivity contribution is 0.673. The van der Waals surface area contributed by atoms with Crippen LogP contribution in [0.2, 0.25) is 0 Å². The second-order valence-electron chi connectivity index (χ2n) is 14.9. The quantitative estimate of drug-likeness (QED) is 0.173. The number of aromatic nitrogens is 2. The van der Waals surface area contributed by atoms with Crippen molar-refractivity contribution in [3.05, 3.63) is 206 Å². The summed E-state index contributed by atoms with van der Waals surface area (Å²) >= 11 is 0. The van der Waals surface area contributed by atoms with Crippen LogP contribution in [0.4, 0.5) is 0 Å². The highest BCUT2D eigenvalue weighted by Crippen LogP contribution is 2.43. The Morgan fingerprint density at radius 2 is 0.807 bits per heavy atom. The van der Waals surface area contributed by atoms with Crippen LogP contribution in [0.5, 0.6) is 0 Å². The highest BCUT2D eigenvalue weighted by atomic mass is 16.3. The van der Waals surface area contributed by atoms with Gasteiger partial charge in [-0.25, -0.2) is 0 Å². The van der Waals surface area contributed by atoms with Gasteiger partial charge in [0.1, 0.15) is 11.2 Å². The number of fused-ring (bicyclic) bond motifs is 10. The molecule has 0 aliphatic carbocycles. The molecule has 9 aromatic carbocycles. The van der Waals surface area contributed by atoms with Gasteiger partial charge >= 0.3 is 0 Å². The average Bonchev–Trinajstić information content (AvgIpc) is 3.94. The molecule has 3 aromatic heterocycles. The highest BCUT2D eigenvalue weighted by Gasteiger charge is 2.20. The van der Waals surface area contributed by atoms with Gasteiger partial charge in [0.05, 0.1) is 27.5 Å². The van der Waals surface area contributed by atoms with Crippen molar-refractivity contribution in [1.82, 2.24) is 9.13 Å². The van der Waals surface area contributed by atoms with Crippen molar-refractivity contribution >= 4 is 65.6 Å². The molecule has 266 valence electrons. The first kappa shape index (κ1) is 31.7. The summed E-state index contributed by atoms with van der Waals surface area (Å²) in [5.74, 6) is 0. The molecule has 3 heterocycles. The van der Waals surface area contributed by atoms with Crippen molar-refractivity contribution < 1.29 is 4.42 Å². The van der Waals surface area contributed by atoms with Gasteiger partial charge in [0, 0.05) is 38.3 Å². The van der Waals surface area contributed by atoms with Crippen LogP contribution in [-0.2, 0) is 0 Å². The summed E-state index contributed by atoms with van der Waals surface area (Å²) in [4.78, 5) is 0. The molecule has 0 bridgehead atoms. The molecule has 0 spiro atoms. The van der Waals surface area contributed by atoms with Gasteiger partial charge in [-0.3, -0.25) is 0 Å². The predicted octanol–water partition coefficient (Wildman–Crippen LogP) is 14.8. The first-order chi connectivity index (χ1) is 28.3. The fourth-order valence-corrected chi connectivity index (χ4v) is 9.06. The normalized spacial score (nSPS) is 11.9. The third-order valence-corrected chi connectivity index (χ3v) is 11.7. The fraction of sp³-hybridized carbons (Fsp3) is 0. The maximum atomic E-state index is 6.72. The predicted molar refractivity (Wildman–Crippen MR) is 239 cm³/mol. The minimum absolute atomic E-state index is 0.903. The van der Waals surface area contributed by atoms with E-state index in [1.807, 2.05) is 6.07 Å². The van der Waals surface area contributed by atoms with Crippen molar-refractivity contribution in [2.24, 2.45) is 0 Å². The number of furan rings is 1. The zero-order valence-corrected chi connectivity index (χ0v) is 30.9. The molecule has 0 N–H and O–H groups in total. The molecule has 0 aliphatic heterocycles. The standard InChI is InChI=1S/C54H34N2O/c1-3-12-35(13-4-1)37-22-26-41(27-23-37)55-50-30-25-40(34-47(50)53-51(55)31-28-45-44-19-8-10-21-52(44)57-54(45)53)39-24-29-49-46(33-39)43-18-7-9-20-48(43)56(49)42-17-11-16-38(32-42)36-14-5-2-6-15-36/h1-34H. The molecule has 0 saturated carbocycles. The summed E-state index contributed by atoms with van der Waals surface area (Å²) in [7, 11) is 0. The highest BCUT2D eigenvalue weighted by molar-refractivity contribution is 6.24. The Morgan fingerprint density at radius 1 is 0.281 bits per heavy atom. The van der Waals surface area contributed by atoms with Crippen molar-refractivity contribution in [3.8, 4) is 44.8 Å². The largest absolute Gasteiger partial charge is 0.455 e. The molecular weight excluding hydrogens is 693 g/mol. The molecule has 3 nitrogen and oxygen atoms in total. The van der Waals surface area contributed by atoms with Crippen LogP contribution >= 0.6 is 0 Å². The Hall–Kier alpha value is -7.62. The zero-order valence-electron chi connectivity index (χ0n) is 30.9. The van der Waals surface area contributed by atoms with Crippen LogP contribution in [0.3, 0.4) is 0 Å². The molecule has 0 saturated heterocycles. The Balaban J connectivity index is 1.06. The molecule has 0 atom stereocenters.